The van der Waals surface area contributed by atoms with Gasteiger partial charge in [0, 0.05) is 28.2 Å². The summed E-state index contributed by atoms with van der Waals surface area (Å²) >= 11 is 0. The Morgan fingerprint density at radius 3 is 2.35 bits per heavy atom. The highest BCUT2D eigenvalue weighted by molar-refractivity contribution is 6.09. The summed E-state index contributed by atoms with van der Waals surface area (Å²) in [5, 5.41) is 2.00. The van der Waals surface area contributed by atoms with Gasteiger partial charge in [0.05, 0.1) is 28.5 Å². The SMILES string of the molecule is c1ccc(-c2ccc3c(n2)oc2c(-c4nc5ccncc5n4-c4ccccc4)cccc23)cc1. The summed E-state index contributed by atoms with van der Waals surface area (Å²) in [7, 11) is 0. The van der Waals surface area contributed by atoms with Gasteiger partial charge in [-0.15, -0.1) is 0 Å². The molecule has 34 heavy (non-hydrogen) atoms. The number of hydrogen-bond acceptors (Lipinski definition) is 4. The van der Waals surface area contributed by atoms with Gasteiger partial charge in [-0.3, -0.25) is 9.55 Å². The zero-order valence-electron chi connectivity index (χ0n) is 18.1. The first-order chi connectivity index (χ1) is 16.9. The molecule has 0 atom stereocenters. The molecule has 0 aliphatic heterocycles. The first-order valence-electron chi connectivity index (χ1n) is 11.1. The van der Waals surface area contributed by atoms with Crippen molar-refractivity contribution in [3.63, 3.8) is 0 Å². The Labute approximate surface area is 195 Å². The van der Waals surface area contributed by atoms with E-state index in [1.807, 2.05) is 60.8 Å². The molecule has 7 rings (SSSR count). The van der Waals surface area contributed by atoms with Gasteiger partial charge in [-0.25, -0.2) is 9.97 Å². The number of para-hydroxylation sites is 2. The summed E-state index contributed by atoms with van der Waals surface area (Å²) in [6.45, 7) is 0. The second kappa shape index (κ2) is 7.39. The molecule has 5 heteroatoms. The van der Waals surface area contributed by atoms with E-state index in [1.165, 1.54) is 0 Å². The van der Waals surface area contributed by atoms with E-state index in [0.29, 0.717) is 5.71 Å². The standard InChI is InChI=1S/C29H18N4O/c1-3-8-19(9-4-1)24-15-14-22-21-12-7-13-23(27(21)34-29(22)32-24)28-31-25-16-17-30-18-26(25)33(28)20-10-5-2-6-11-20/h1-18H. The van der Waals surface area contributed by atoms with E-state index >= 15 is 0 Å². The average Bonchev–Trinajstić information content (AvgIpc) is 3.48. The molecule has 0 spiro atoms. The van der Waals surface area contributed by atoms with Crippen molar-refractivity contribution in [2.45, 2.75) is 0 Å². The fourth-order valence-corrected chi connectivity index (χ4v) is 4.57. The van der Waals surface area contributed by atoms with Gasteiger partial charge in [0.1, 0.15) is 11.4 Å². The predicted molar refractivity (Wildman–Crippen MR) is 135 cm³/mol. The molecule has 0 bridgehead atoms. The highest BCUT2D eigenvalue weighted by Gasteiger charge is 2.20. The molecule has 0 fully saturated rings. The third kappa shape index (κ3) is 2.84. The number of imidazole rings is 1. The van der Waals surface area contributed by atoms with E-state index in [9.17, 15) is 0 Å². The Balaban J connectivity index is 1.50. The molecule has 0 N–H and O–H groups in total. The molecular weight excluding hydrogens is 420 g/mol. The molecule has 0 saturated heterocycles. The molecule has 0 radical (unpaired) electrons. The largest absolute Gasteiger partial charge is 0.437 e. The second-order valence-electron chi connectivity index (χ2n) is 8.17. The Hall–Kier alpha value is -4.77. The van der Waals surface area contributed by atoms with Gasteiger partial charge in [-0.1, -0.05) is 60.7 Å². The van der Waals surface area contributed by atoms with Gasteiger partial charge in [-0.2, -0.15) is 0 Å². The second-order valence-corrected chi connectivity index (χ2v) is 8.17. The van der Waals surface area contributed by atoms with Crippen LogP contribution in [0.25, 0.3) is 61.4 Å². The maximum Gasteiger partial charge on any atom is 0.227 e. The summed E-state index contributed by atoms with van der Waals surface area (Å²) in [5.41, 5.74) is 7.10. The number of pyridine rings is 2. The fraction of sp³-hybridized carbons (Fsp3) is 0. The van der Waals surface area contributed by atoms with Gasteiger partial charge in [0.15, 0.2) is 0 Å². The quantitative estimate of drug-likeness (QED) is 0.297. The molecular formula is C29H18N4O. The Bertz CT molecular complexity index is 1800. The van der Waals surface area contributed by atoms with Crippen LogP contribution >= 0.6 is 0 Å². The van der Waals surface area contributed by atoms with Gasteiger partial charge < -0.3 is 4.42 Å². The molecule has 160 valence electrons. The topological polar surface area (TPSA) is 56.7 Å². The zero-order chi connectivity index (χ0) is 22.5. The highest BCUT2D eigenvalue weighted by Crippen LogP contribution is 2.37. The van der Waals surface area contributed by atoms with Crippen molar-refractivity contribution in [3.8, 4) is 28.3 Å². The normalized spacial score (nSPS) is 11.5. The van der Waals surface area contributed by atoms with Crippen LogP contribution in [0.2, 0.25) is 0 Å². The third-order valence-corrected chi connectivity index (χ3v) is 6.15. The predicted octanol–water partition coefficient (Wildman–Crippen LogP) is 7.05. The summed E-state index contributed by atoms with van der Waals surface area (Å²) in [6.07, 6.45) is 3.62. The van der Waals surface area contributed by atoms with E-state index in [0.717, 1.165) is 55.7 Å². The minimum Gasteiger partial charge on any atom is -0.437 e. The van der Waals surface area contributed by atoms with Crippen molar-refractivity contribution in [1.29, 1.82) is 0 Å². The van der Waals surface area contributed by atoms with Gasteiger partial charge in [0.2, 0.25) is 5.71 Å². The number of rotatable bonds is 3. The van der Waals surface area contributed by atoms with E-state index in [2.05, 4.69) is 52.0 Å². The van der Waals surface area contributed by atoms with E-state index in [-0.39, 0.29) is 0 Å². The van der Waals surface area contributed by atoms with Crippen molar-refractivity contribution in [2.24, 2.45) is 0 Å². The molecule has 5 nitrogen and oxygen atoms in total. The molecule has 4 aromatic heterocycles. The Morgan fingerprint density at radius 1 is 0.676 bits per heavy atom. The molecule has 4 heterocycles. The van der Waals surface area contributed by atoms with E-state index in [4.69, 9.17) is 14.4 Å². The number of fused-ring (bicyclic) bond motifs is 4. The number of aromatic nitrogens is 4. The average molecular weight is 438 g/mol. The minimum absolute atomic E-state index is 0.618. The van der Waals surface area contributed by atoms with Crippen LogP contribution in [-0.2, 0) is 0 Å². The van der Waals surface area contributed by atoms with Gasteiger partial charge >= 0.3 is 0 Å². The smallest absolute Gasteiger partial charge is 0.227 e. The number of nitrogens with zero attached hydrogens (tertiary/aromatic N) is 4. The first kappa shape index (κ1) is 18.8. The van der Waals surface area contributed by atoms with Crippen LogP contribution in [-0.4, -0.2) is 19.5 Å². The molecule has 7 aromatic rings. The third-order valence-electron chi connectivity index (χ3n) is 6.15. The van der Waals surface area contributed by atoms with Crippen LogP contribution in [0, 0.1) is 0 Å². The monoisotopic (exact) mass is 438 g/mol. The van der Waals surface area contributed by atoms with Crippen LogP contribution in [0.1, 0.15) is 0 Å². The summed E-state index contributed by atoms with van der Waals surface area (Å²) < 4.78 is 8.54. The van der Waals surface area contributed by atoms with E-state index < -0.39 is 0 Å². The fourth-order valence-electron chi connectivity index (χ4n) is 4.57. The Kier molecular flexibility index (Phi) is 4.08. The van der Waals surface area contributed by atoms with Crippen molar-refractivity contribution >= 4 is 33.1 Å². The molecule has 0 saturated carbocycles. The number of benzene rings is 3. The van der Waals surface area contributed by atoms with Crippen molar-refractivity contribution in [2.75, 3.05) is 0 Å². The summed E-state index contributed by atoms with van der Waals surface area (Å²) in [4.78, 5) is 14.2. The number of furan rings is 1. The maximum atomic E-state index is 6.41. The van der Waals surface area contributed by atoms with Crippen molar-refractivity contribution in [3.05, 3.63) is 109 Å². The van der Waals surface area contributed by atoms with Crippen LogP contribution in [0.3, 0.4) is 0 Å². The molecule has 0 unspecified atom stereocenters. The lowest BCUT2D eigenvalue weighted by atomic mass is 10.1. The van der Waals surface area contributed by atoms with E-state index in [1.54, 1.807) is 6.20 Å². The van der Waals surface area contributed by atoms with Crippen molar-refractivity contribution < 1.29 is 4.42 Å². The van der Waals surface area contributed by atoms with Crippen LogP contribution in [0.15, 0.2) is 114 Å². The maximum absolute atomic E-state index is 6.41. The zero-order valence-corrected chi connectivity index (χ0v) is 18.1. The lowest BCUT2D eigenvalue weighted by molar-refractivity contribution is 0.655. The van der Waals surface area contributed by atoms with Gasteiger partial charge in [-0.05, 0) is 36.4 Å². The molecule has 0 amide bonds. The first-order valence-corrected chi connectivity index (χ1v) is 11.1. The molecule has 0 aliphatic carbocycles. The minimum atomic E-state index is 0.618. The molecule has 0 aliphatic rings. The van der Waals surface area contributed by atoms with Crippen molar-refractivity contribution in [1.82, 2.24) is 19.5 Å². The van der Waals surface area contributed by atoms with Gasteiger partial charge in [0.25, 0.3) is 0 Å². The summed E-state index contributed by atoms with van der Waals surface area (Å²) in [5.74, 6) is 0.808. The van der Waals surface area contributed by atoms with Crippen LogP contribution < -0.4 is 0 Å². The number of hydrogen-bond donors (Lipinski definition) is 0. The van der Waals surface area contributed by atoms with Crippen LogP contribution in [0.4, 0.5) is 0 Å². The lowest BCUT2D eigenvalue weighted by Gasteiger charge is -2.09. The van der Waals surface area contributed by atoms with Crippen LogP contribution in [0.5, 0.6) is 0 Å². The lowest BCUT2D eigenvalue weighted by Crippen LogP contribution is -1.97. The molecule has 3 aromatic carbocycles. The highest BCUT2D eigenvalue weighted by atomic mass is 16.3. The summed E-state index contributed by atoms with van der Waals surface area (Å²) in [6, 6.07) is 32.6. The Morgan fingerprint density at radius 2 is 1.50 bits per heavy atom.